The predicted molar refractivity (Wildman–Crippen MR) is 66.0 cm³/mol. The monoisotopic (exact) mass is 213 g/mol. The maximum atomic E-state index is 5.95. The SMILES string of the molecule is CCC(N)CN(C)CC1CCN(C)CC1. The number of rotatable bonds is 5. The van der Waals surface area contributed by atoms with Gasteiger partial charge in [-0.2, -0.15) is 0 Å². The first-order valence-corrected chi connectivity index (χ1v) is 6.24. The fraction of sp³-hybridized carbons (Fsp3) is 1.00. The van der Waals surface area contributed by atoms with Gasteiger partial charge in [-0.15, -0.1) is 0 Å². The number of hydrogen-bond donors (Lipinski definition) is 1. The van der Waals surface area contributed by atoms with E-state index in [-0.39, 0.29) is 0 Å². The molecular weight excluding hydrogens is 186 g/mol. The van der Waals surface area contributed by atoms with Crippen molar-refractivity contribution in [1.29, 1.82) is 0 Å². The van der Waals surface area contributed by atoms with Gasteiger partial charge in [-0.1, -0.05) is 6.92 Å². The molecule has 15 heavy (non-hydrogen) atoms. The first kappa shape index (κ1) is 12.9. The maximum absolute atomic E-state index is 5.95. The van der Waals surface area contributed by atoms with Crippen molar-refractivity contribution in [2.75, 3.05) is 40.3 Å². The average molecular weight is 213 g/mol. The van der Waals surface area contributed by atoms with Crippen molar-refractivity contribution < 1.29 is 0 Å². The van der Waals surface area contributed by atoms with E-state index in [0.29, 0.717) is 6.04 Å². The minimum atomic E-state index is 0.348. The highest BCUT2D eigenvalue weighted by Gasteiger charge is 2.18. The van der Waals surface area contributed by atoms with Crippen LogP contribution in [-0.4, -0.2) is 56.1 Å². The molecule has 3 nitrogen and oxygen atoms in total. The zero-order valence-electron chi connectivity index (χ0n) is 10.6. The Morgan fingerprint density at radius 3 is 2.53 bits per heavy atom. The van der Waals surface area contributed by atoms with Gasteiger partial charge in [0.05, 0.1) is 0 Å². The number of nitrogens with two attached hydrogens (primary N) is 1. The molecule has 0 amide bonds. The summed E-state index contributed by atoms with van der Waals surface area (Å²) >= 11 is 0. The number of nitrogens with zero attached hydrogens (tertiary/aromatic N) is 2. The highest BCUT2D eigenvalue weighted by atomic mass is 15.1. The molecule has 90 valence electrons. The largest absolute Gasteiger partial charge is 0.327 e. The molecule has 0 radical (unpaired) electrons. The van der Waals surface area contributed by atoms with Crippen molar-refractivity contribution in [2.24, 2.45) is 11.7 Å². The van der Waals surface area contributed by atoms with Crippen LogP contribution in [0.4, 0.5) is 0 Å². The van der Waals surface area contributed by atoms with Gasteiger partial charge in [-0.3, -0.25) is 0 Å². The van der Waals surface area contributed by atoms with Gasteiger partial charge in [0.25, 0.3) is 0 Å². The van der Waals surface area contributed by atoms with Crippen LogP contribution in [0.2, 0.25) is 0 Å². The molecule has 1 aliphatic rings. The van der Waals surface area contributed by atoms with Crippen molar-refractivity contribution in [3.8, 4) is 0 Å². The lowest BCUT2D eigenvalue weighted by Crippen LogP contribution is -2.40. The van der Waals surface area contributed by atoms with Gasteiger partial charge in [0.1, 0.15) is 0 Å². The smallest absolute Gasteiger partial charge is 0.0165 e. The highest BCUT2D eigenvalue weighted by Crippen LogP contribution is 2.16. The number of likely N-dealkylation sites (tertiary alicyclic amines) is 1. The van der Waals surface area contributed by atoms with E-state index >= 15 is 0 Å². The van der Waals surface area contributed by atoms with Crippen molar-refractivity contribution in [2.45, 2.75) is 32.2 Å². The Hall–Kier alpha value is -0.120. The predicted octanol–water partition coefficient (Wildman–Crippen LogP) is 0.997. The lowest BCUT2D eigenvalue weighted by atomic mass is 9.96. The molecule has 0 aromatic rings. The van der Waals surface area contributed by atoms with Gasteiger partial charge >= 0.3 is 0 Å². The van der Waals surface area contributed by atoms with Crippen molar-refractivity contribution in [3.63, 3.8) is 0 Å². The van der Waals surface area contributed by atoms with Crippen molar-refractivity contribution >= 4 is 0 Å². The van der Waals surface area contributed by atoms with Crippen LogP contribution in [0.1, 0.15) is 26.2 Å². The fourth-order valence-corrected chi connectivity index (χ4v) is 2.29. The number of piperidine rings is 1. The molecule has 1 unspecified atom stereocenters. The maximum Gasteiger partial charge on any atom is 0.0165 e. The van der Waals surface area contributed by atoms with Crippen LogP contribution < -0.4 is 5.73 Å². The molecule has 2 N–H and O–H groups in total. The van der Waals surface area contributed by atoms with Crippen LogP contribution in [-0.2, 0) is 0 Å². The molecule has 1 fully saturated rings. The molecule has 0 saturated carbocycles. The molecule has 1 rings (SSSR count). The Morgan fingerprint density at radius 1 is 1.40 bits per heavy atom. The van der Waals surface area contributed by atoms with Gasteiger partial charge in [0.2, 0.25) is 0 Å². The standard InChI is InChI=1S/C12H27N3/c1-4-12(13)10-15(3)9-11-5-7-14(2)8-6-11/h11-12H,4-10,13H2,1-3H3. The van der Waals surface area contributed by atoms with Crippen molar-refractivity contribution in [3.05, 3.63) is 0 Å². The summed E-state index contributed by atoms with van der Waals surface area (Å²) in [6.45, 7) is 6.95. The third-order valence-electron chi connectivity index (χ3n) is 3.48. The molecule has 0 aromatic heterocycles. The van der Waals surface area contributed by atoms with Crippen LogP contribution in [0, 0.1) is 5.92 Å². The van der Waals surface area contributed by atoms with E-state index in [9.17, 15) is 0 Å². The quantitative estimate of drug-likeness (QED) is 0.739. The second kappa shape index (κ2) is 6.46. The fourth-order valence-electron chi connectivity index (χ4n) is 2.29. The van der Waals surface area contributed by atoms with Crippen LogP contribution in [0.5, 0.6) is 0 Å². The summed E-state index contributed by atoms with van der Waals surface area (Å²) in [4.78, 5) is 4.83. The molecule has 1 aliphatic heterocycles. The van der Waals surface area contributed by atoms with E-state index < -0.39 is 0 Å². The van der Waals surface area contributed by atoms with E-state index in [2.05, 4.69) is 30.8 Å². The summed E-state index contributed by atoms with van der Waals surface area (Å²) in [5, 5.41) is 0. The summed E-state index contributed by atoms with van der Waals surface area (Å²) in [5.74, 6) is 0.884. The van der Waals surface area contributed by atoms with Crippen LogP contribution in [0.3, 0.4) is 0 Å². The minimum Gasteiger partial charge on any atom is -0.327 e. The van der Waals surface area contributed by atoms with Gasteiger partial charge < -0.3 is 15.5 Å². The third-order valence-corrected chi connectivity index (χ3v) is 3.48. The average Bonchev–Trinajstić information content (AvgIpc) is 2.21. The van der Waals surface area contributed by atoms with Gasteiger partial charge in [0.15, 0.2) is 0 Å². The number of hydrogen-bond acceptors (Lipinski definition) is 3. The van der Waals surface area contributed by atoms with Gasteiger partial charge in [-0.25, -0.2) is 0 Å². The lowest BCUT2D eigenvalue weighted by molar-refractivity contribution is 0.172. The van der Waals surface area contributed by atoms with Crippen LogP contribution >= 0.6 is 0 Å². The van der Waals surface area contributed by atoms with Crippen LogP contribution in [0.15, 0.2) is 0 Å². The minimum absolute atomic E-state index is 0.348. The van der Waals surface area contributed by atoms with E-state index in [1.807, 2.05) is 0 Å². The Bertz CT molecular complexity index is 164. The van der Waals surface area contributed by atoms with E-state index in [1.165, 1.54) is 32.5 Å². The molecule has 3 heteroatoms. The second-order valence-corrected chi connectivity index (χ2v) is 5.14. The molecule has 1 atom stereocenters. The Kier molecular flexibility index (Phi) is 5.58. The van der Waals surface area contributed by atoms with Gasteiger partial charge in [0, 0.05) is 19.1 Å². The Labute approximate surface area is 94.6 Å². The normalized spacial score (nSPS) is 22.2. The molecule has 1 heterocycles. The summed E-state index contributed by atoms with van der Waals surface area (Å²) in [6.07, 6.45) is 3.78. The molecule has 0 spiro atoms. The van der Waals surface area contributed by atoms with E-state index in [4.69, 9.17) is 5.73 Å². The second-order valence-electron chi connectivity index (χ2n) is 5.14. The summed E-state index contributed by atoms with van der Waals surface area (Å²) < 4.78 is 0. The Morgan fingerprint density at radius 2 is 2.00 bits per heavy atom. The summed E-state index contributed by atoms with van der Waals surface area (Å²) in [7, 11) is 4.42. The molecule has 0 aliphatic carbocycles. The topological polar surface area (TPSA) is 32.5 Å². The summed E-state index contributed by atoms with van der Waals surface area (Å²) in [5.41, 5.74) is 5.95. The third kappa shape index (κ3) is 4.96. The summed E-state index contributed by atoms with van der Waals surface area (Å²) in [6, 6.07) is 0.348. The molecular formula is C12H27N3. The molecule has 0 aromatic carbocycles. The zero-order chi connectivity index (χ0) is 11.3. The molecule has 1 saturated heterocycles. The van der Waals surface area contributed by atoms with Gasteiger partial charge in [-0.05, 0) is 52.4 Å². The van der Waals surface area contributed by atoms with E-state index in [0.717, 1.165) is 18.9 Å². The zero-order valence-corrected chi connectivity index (χ0v) is 10.6. The highest BCUT2D eigenvalue weighted by molar-refractivity contribution is 4.74. The lowest BCUT2D eigenvalue weighted by Gasteiger charge is -2.32. The van der Waals surface area contributed by atoms with E-state index in [1.54, 1.807) is 0 Å². The van der Waals surface area contributed by atoms with Crippen molar-refractivity contribution in [1.82, 2.24) is 9.80 Å². The Balaban J connectivity index is 2.17. The number of likely N-dealkylation sites (N-methyl/N-ethyl adjacent to an activating group) is 1. The first-order valence-electron chi connectivity index (χ1n) is 6.24. The molecule has 0 bridgehead atoms. The first-order chi connectivity index (χ1) is 7.11. The van der Waals surface area contributed by atoms with Crippen LogP contribution in [0.25, 0.3) is 0 Å².